The van der Waals surface area contributed by atoms with Gasteiger partial charge in [0.2, 0.25) is 5.91 Å². The standard InChI is InChI=1S/C21H32N4O2.HI/c1-3-22-20(24-14-21(2)11-7-6-10-18(21)26)23-13-15-12-19(27)25-17-9-5-4-8-16(15)17;/h4-5,8-9,15,18,26H,3,6-7,10-14H2,1-2H3,(H,25,27)(H2,22,23,24);1H. The Labute approximate surface area is 185 Å². The van der Waals surface area contributed by atoms with Crippen LogP contribution < -0.4 is 16.0 Å². The van der Waals surface area contributed by atoms with Gasteiger partial charge in [-0.15, -0.1) is 24.0 Å². The zero-order valence-electron chi connectivity index (χ0n) is 16.8. The molecule has 3 rings (SSSR count). The minimum atomic E-state index is -0.285. The molecule has 1 fully saturated rings. The summed E-state index contributed by atoms with van der Waals surface area (Å²) in [6.45, 7) is 6.19. The fourth-order valence-electron chi connectivity index (χ4n) is 4.07. The molecule has 4 N–H and O–H groups in total. The molecule has 1 aliphatic carbocycles. The number of rotatable bonds is 5. The minimum Gasteiger partial charge on any atom is -0.392 e. The van der Waals surface area contributed by atoms with Crippen molar-refractivity contribution in [3.05, 3.63) is 29.8 Å². The Kier molecular flexibility index (Phi) is 8.55. The SMILES string of the molecule is CCNC(=NCC1(C)CCCCC1O)NCC1CC(=O)Nc2ccccc21.I. The number of aliphatic imine (C=N–C) groups is 1. The normalized spacial score (nSPS) is 27.2. The number of anilines is 1. The molecule has 1 aliphatic heterocycles. The van der Waals surface area contributed by atoms with E-state index in [0.29, 0.717) is 19.5 Å². The van der Waals surface area contributed by atoms with E-state index in [9.17, 15) is 9.90 Å². The average molecular weight is 500 g/mol. The zero-order valence-corrected chi connectivity index (χ0v) is 19.2. The van der Waals surface area contributed by atoms with E-state index in [4.69, 9.17) is 4.99 Å². The molecule has 6 nitrogen and oxygen atoms in total. The molecule has 3 unspecified atom stereocenters. The van der Waals surface area contributed by atoms with Gasteiger partial charge in [0.15, 0.2) is 5.96 Å². The van der Waals surface area contributed by atoms with E-state index in [1.54, 1.807) is 0 Å². The van der Waals surface area contributed by atoms with E-state index in [1.807, 2.05) is 25.1 Å². The smallest absolute Gasteiger partial charge is 0.225 e. The second-order valence-electron chi connectivity index (χ2n) is 8.03. The largest absolute Gasteiger partial charge is 0.392 e. The summed E-state index contributed by atoms with van der Waals surface area (Å²) in [7, 11) is 0. The van der Waals surface area contributed by atoms with Gasteiger partial charge in [0.1, 0.15) is 0 Å². The van der Waals surface area contributed by atoms with Crippen molar-refractivity contribution in [1.82, 2.24) is 10.6 Å². The molecule has 0 spiro atoms. The van der Waals surface area contributed by atoms with Crippen molar-refractivity contribution < 1.29 is 9.90 Å². The van der Waals surface area contributed by atoms with E-state index >= 15 is 0 Å². The number of hydrogen-bond acceptors (Lipinski definition) is 3. The van der Waals surface area contributed by atoms with Crippen LogP contribution in [0.1, 0.15) is 57.4 Å². The van der Waals surface area contributed by atoms with Gasteiger partial charge in [0, 0.05) is 36.5 Å². The minimum absolute atomic E-state index is 0. The Balaban J connectivity index is 0.00000280. The van der Waals surface area contributed by atoms with Crippen LogP contribution in [-0.2, 0) is 4.79 Å². The van der Waals surface area contributed by atoms with E-state index in [-0.39, 0.29) is 47.3 Å². The summed E-state index contributed by atoms with van der Waals surface area (Å²) in [6.07, 6.45) is 4.31. The van der Waals surface area contributed by atoms with Crippen molar-refractivity contribution in [3.8, 4) is 0 Å². The van der Waals surface area contributed by atoms with Crippen molar-refractivity contribution in [2.75, 3.05) is 25.0 Å². The molecular weight excluding hydrogens is 467 g/mol. The highest BCUT2D eigenvalue weighted by Crippen LogP contribution is 2.36. The van der Waals surface area contributed by atoms with Gasteiger partial charge < -0.3 is 21.1 Å². The van der Waals surface area contributed by atoms with E-state index in [2.05, 4.69) is 28.9 Å². The highest BCUT2D eigenvalue weighted by Gasteiger charge is 2.35. The number of nitrogens with one attached hydrogen (secondary N) is 3. The molecule has 1 aromatic rings. The molecule has 1 amide bonds. The number of halogens is 1. The van der Waals surface area contributed by atoms with Gasteiger partial charge in [-0.3, -0.25) is 9.79 Å². The number of carbonyl (C=O) groups is 1. The summed E-state index contributed by atoms with van der Waals surface area (Å²) in [5.74, 6) is 0.926. The van der Waals surface area contributed by atoms with Crippen molar-refractivity contribution in [1.29, 1.82) is 0 Å². The molecule has 1 heterocycles. The van der Waals surface area contributed by atoms with Gasteiger partial charge in [-0.05, 0) is 31.4 Å². The molecule has 7 heteroatoms. The molecule has 0 aromatic heterocycles. The number of benzene rings is 1. The molecular formula is C21H33IN4O2. The summed E-state index contributed by atoms with van der Waals surface area (Å²) < 4.78 is 0. The van der Waals surface area contributed by atoms with E-state index in [1.165, 1.54) is 0 Å². The van der Waals surface area contributed by atoms with Crippen molar-refractivity contribution in [2.45, 2.75) is 58.0 Å². The van der Waals surface area contributed by atoms with Crippen LogP contribution in [0.5, 0.6) is 0 Å². The third-order valence-electron chi connectivity index (χ3n) is 5.84. The Morgan fingerprint density at radius 2 is 2.11 bits per heavy atom. The average Bonchev–Trinajstić information content (AvgIpc) is 2.66. The molecule has 2 aliphatic rings. The number of para-hydroxylation sites is 1. The topological polar surface area (TPSA) is 85.8 Å². The lowest BCUT2D eigenvalue weighted by Gasteiger charge is -2.37. The van der Waals surface area contributed by atoms with Crippen molar-refractivity contribution >= 4 is 41.5 Å². The lowest BCUT2D eigenvalue weighted by atomic mass is 9.73. The first kappa shape index (κ1) is 22.9. The third kappa shape index (κ3) is 5.59. The highest BCUT2D eigenvalue weighted by atomic mass is 127. The van der Waals surface area contributed by atoms with Crippen LogP contribution in [0, 0.1) is 5.41 Å². The van der Waals surface area contributed by atoms with Crippen LogP contribution in [0.3, 0.4) is 0 Å². The second-order valence-corrected chi connectivity index (χ2v) is 8.03. The van der Waals surface area contributed by atoms with Crippen LogP contribution in [-0.4, -0.2) is 42.7 Å². The molecule has 156 valence electrons. The van der Waals surface area contributed by atoms with Crippen LogP contribution in [0.2, 0.25) is 0 Å². The number of aliphatic hydroxyl groups excluding tert-OH is 1. The number of fused-ring (bicyclic) bond motifs is 1. The Morgan fingerprint density at radius 1 is 1.32 bits per heavy atom. The number of guanidine groups is 1. The summed E-state index contributed by atoms with van der Waals surface area (Å²) >= 11 is 0. The second kappa shape index (κ2) is 10.4. The van der Waals surface area contributed by atoms with Gasteiger partial charge in [0.05, 0.1) is 12.6 Å². The number of amides is 1. The monoisotopic (exact) mass is 500 g/mol. The fraction of sp³-hybridized carbons (Fsp3) is 0.619. The highest BCUT2D eigenvalue weighted by molar-refractivity contribution is 14.0. The fourth-order valence-corrected chi connectivity index (χ4v) is 4.07. The Bertz CT molecular complexity index is 697. The summed E-state index contributed by atoms with van der Waals surface area (Å²) in [6, 6.07) is 7.97. The predicted octanol–water partition coefficient (Wildman–Crippen LogP) is 3.23. The quantitative estimate of drug-likeness (QED) is 0.284. The van der Waals surface area contributed by atoms with Gasteiger partial charge in [0.25, 0.3) is 0 Å². The number of hydrogen-bond donors (Lipinski definition) is 4. The zero-order chi connectivity index (χ0) is 19.3. The van der Waals surface area contributed by atoms with Crippen molar-refractivity contribution in [2.24, 2.45) is 10.4 Å². The molecule has 3 atom stereocenters. The molecule has 1 aromatic carbocycles. The lowest BCUT2D eigenvalue weighted by Crippen LogP contribution is -2.43. The first-order valence-electron chi connectivity index (χ1n) is 10.1. The first-order chi connectivity index (χ1) is 13.0. The summed E-state index contributed by atoms with van der Waals surface area (Å²) in [5.41, 5.74) is 1.91. The van der Waals surface area contributed by atoms with E-state index in [0.717, 1.165) is 49.4 Å². The molecule has 1 saturated carbocycles. The maximum atomic E-state index is 12.0. The Morgan fingerprint density at radius 3 is 2.86 bits per heavy atom. The Hall–Kier alpha value is -1.35. The molecule has 28 heavy (non-hydrogen) atoms. The van der Waals surface area contributed by atoms with E-state index < -0.39 is 0 Å². The maximum absolute atomic E-state index is 12.0. The number of aliphatic hydroxyl groups is 1. The summed E-state index contributed by atoms with van der Waals surface area (Å²) in [5, 5.41) is 20.0. The number of carbonyl (C=O) groups excluding carboxylic acids is 1. The third-order valence-corrected chi connectivity index (χ3v) is 5.84. The summed E-state index contributed by atoms with van der Waals surface area (Å²) in [4.78, 5) is 16.8. The van der Waals surface area contributed by atoms with Crippen LogP contribution in [0.25, 0.3) is 0 Å². The van der Waals surface area contributed by atoms with Gasteiger partial charge >= 0.3 is 0 Å². The van der Waals surface area contributed by atoms with Gasteiger partial charge in [-0.2, -0.15) is 0 Å². The lowest BCUT2D eigenvalue weighted by molar-refractivity contribution is -0.116. The maximum Gasteiger partial charge on any atom is 0.225 e. The predicted molar refractivity (Wildman–Crippen MR) is 124 cm³/mol. The van der Waals surface area contributed by atoms with Crippen LogP contribution in [0.15, 0.2) is 29.3 Å². The van der Waals surface area contributed by atoms with Crippen LogP contribution >= 0.6 is 24.0 Å². The molecule has 0 radical (unpaired) electrons. The van der Waals surface area contributed by atoms with Crippen LogP contribution in [0.4, 0.5) is 5.69 Å². The number of nitrogens with zero attached hydrogens (tertiary/aromatic N) is 1. The molecule has 0 saturated heterocycles. The van der Waals surface area contributed by atoms with Crippen molar-refractivity contribution in [3.63, 3.8) is 0 Å². The van der Waals surface area contributed by atoms with Gasteiger partial charge in [-0.25, -0.2) is 0 Å². The molecule has 0 bridgehead atoms. The first-order valence-corrected chi connectivity index (χ1v) is 10.1. The van der Waals surface area contributed by atoms with Gasteiger partial charge in [-0.1, -0.05) is 38.0 Å².